The van der Waals surface area contributed by atoms with Crippen LogP contribution in [0, 0.1) is 16.5 Å². The Balaban J connectivity index is 2.17. The molecule has 2 rings (SSSR count). The second-order valence-electron chi connectivity index (χ2n) is 3.89. The van der Waals surface area contributed by atoms with Crippen LogP contribution in [0.1, 0.15) is 10.4 Å². The number of nitrogens with zero attached hydrogens (tertiary/aromatic N) is 1. The van der Waals surface area contributed by atoms with Crippen molar-refractivity contribution in [1.82, 2.24) is 0 Å². The quantitative estimate of drug-likeness (QED) is 0.625. The van der Waals surface area contributed by atoms with E-state index in [4.69, 9.17) is 5.26 Å². The fourth-order valence-electron chi connectivity index (χ4n) is 1.67. The van der Waals surface area contributed by atoms with Crippen LogP contribution in [0.3, 0.4) is 0 Å². The maximum atomic E-state index is 12.8. The smallest absolute Gasteiger partial charge is 0.173 e. The Morgan fingerprint density at radius 2 is 1.58 bits per heavy atom. The van der Waals surface area contributed by atoms with Gasteiger partial charge in [0.25, 0.3) is 0 Å². The molecule has 19 heavy (non-hydrogen) atoms. The molecular formula is C15H10FNOS. The maximum absolute atomic E-state index is 12.8. The van der Waals surface area contributed by atoms with E-state index >= 15 is 0 Å². The van der Waals surface area contributed by atoms with E-state index in [2.05, 4.69) is 0 Å². The average Bonchev–Trinajstić information content (AvgIpc) is 2.46. The van der Waals surface area contributed by atoms with Gasteiger partial charge in [0.05, 0.1) is 5.75 Å². The van der Waals surface area contributed by atoms with Crippen molar-refractivity contribution in [2.24, 2.45) is 0 Å². The van der Waals surface area contributed by atoms with Crippen molar-refractivity contribution in [3.05, 3.63) is 59.9 Å². The van der Waals surface area contributed by atoms with Gasteiger partial charge in [-0.05, 0) is 35.0 Å². The first-order valence-electron chi connectivity index (χ1n) is 5.61. The zero-order valence-electron chi connectivity index (χ0n) is 9.97. The Bertz CT molecular complexity index is 614. The van der Waals surface area contributed by atoms with Crippen molar-refractivity contribution < 1.29 is 9.18 Å². The molecule has 4 heteroatoms. The fourth-order valence-corrected chi connectivity index (χ4v) is 2.03. The molecule has 0 saturated carbocycles. The first kappa shape index (κ1) is 13.3. The standard InChI is InChI=1S/C15H10FNOS/c16-14-7-5-12(6-8-14)11-1-3-13(4-2-11)15(18)9-19-10-17/h1-8H,9H2. The minimum absolute atomic E-state index is 0.0720. The van der Waals surface area contributed by atoms with Gasteiger partial charge < -0.3 is 0 Å². The summed E-state index contributed by atoms with van der Waals surface area (Å²) in [6.45, 7) is 0. The summed E-state index contributed by atoms with van der Waals surface area (Å²) in [5.41, 5.74) is 2.39. The molecule has 0 aliphatic rings. The second kappa shape index (κ2) is 6.17. The van der Waals surface area contributed by atoms with Crippen LogP contribution in [0.15, 0.2) is 48.5 Å². The van der Waals surface area contributed by atoms with Crippen molar-refractivity contribution in [1.29, 1.82) is 5.26 Å². The summed E-state index contributed by atoms with van der Waals surface area (Å²) in [5.74, 6) is -0.187. The van der Waals surface area contributed by atoms with E-state index in [0.29, 0.717) is 5.56 Å². The molecule has 0 fully saturated rings. The minimum Gasteiger partial charge on any atom is -0.293 e. The molecule has 0 atom stereocenters. The van der Waals surface area contributed by atoms with E-state index in [1.807, 2.05) is 17.5 Å². The van der Waals surface area contributed by atoms with Crippen LogP contribution in [-0.2, 0) is 0 Å². The summed E-state index contributed by atoms with van der Waals surface area (Å²) in [4.78, 5) is 11.7. The predicted molar refractivity (Wildman–Crippen MR) is 74.2 cm³/mol. The molecule has 0 aromatic heterocycles. The number of hydrogen-bond donors (Lipinski definition) is 0. The number of thioether (sulfide) groups is 1. The number of nitriles is 1. The van der Waals surface area contributed by atoms with E-state index in [9.17, 15) is 9.18 Å². The fraction of sp³-hybridized carbons (Fsp3) is 0.0667. The number of hydrogen-bond acceptors (Lipinski definition) is 3. The van der Waals surface area contributed by atoms with Crippen molar-refractivity contribution in [2.45, 2.75) is 0 Å². The van der Waals surface area contributed by atoms with Crippen LogP contribution in [0.4, 0.5) is 4.39 Å². The molecule has 2 aromatic rings. The van der Waals surface area contributed by atoms with Crippen LogP contribution in [0.25, 0.3) is 11.1 Å². The third-order valence-corrected chi connectivity index (χ3v) is 3.19. The average molecular weight is 271 g/mol. The summed E-state index contributed by atoms with van der Waals surface area (Å²) in [6, 6.07) is 13.3. The Labute approximate surface area is 114 Å². The van der Waals surface area contributed by atoms with Crippen LogP contribution in [-0.4, -0.2) is 11.5 Å². The molecular weight excluding hydrogens is 261 g/mol. The highest BCUT2D eigenvalue weighted by molar-refractivity contribution is 8.04. The first-order valence-corrected chi connectivity index (χ1v) is 6.59. The van der Waals surface area contributed by atoms with Gasteiger partial charge in [-0.1, -0.05) is 36.4 Å². The van der Waals surface area contributed by atoms with E-state index in [-0.39, 0.29) is 17.4 Å². The van der Waals surface area contributed by atoms with Gasteiger partial charge in [-0.25, -0.2) is 4.39 Å². The van der Waals surface area contributed by atoms with E-state index in [1.165, 1.54) is 12.1 Å². The monoisotopic (exact) mass is 271 g/mol. The normalized spacial score (nSPS) is 9.89. The number of carbonyl (C=O) groups excluding carboxylic acids is 1. The Kier molecular flexibility index (Phi) is 4.32. The molecule has 2 aromatic carbocycles. The van der Waals surface area contributed by atoms with Crippen LogP contribution >= 0.6 is 11.8 Å². The topological polar surface area (TPSA) is 40.9 Å². The first-order chi connectivity index (χ1) is 9.20. The number of ketones is 1. The van der Waals surface area contributed by atoms with Crippen LogP contribution in [0.5, 0.6) is 0 Å². The molecule has 0 unspecified atom stereocenters. The number of rotatable bonds is 4. The lowest BCUT2D eigenvalue weighted by molar-refractivity contribution is 0.102. The molecule has 0 radical (unpaired) electrons. The summed E-state index contributed by atoms with van der Waals surface area (Å²) in [6.07, 6.45) is 0. The summed E-state index contributed by atoms with van der Waals surface area (Å²) in [5, 5.41) is 10.3. The summed E-state index contributed by atoms with van der Waals surface area (Å²) in [7, 11) is 0. The third-order valence-electron chi connectivity index (χ3n) is 2.65. The largest absolute Gasteiger partial charge is 0.293 e. The minimum atomic E-state index is -0.274. The van der Waals surface area contributed by atoms with Gasteiger partial charge in [-0.2, -0.15) is 5.26 Å². The van der Waals surface area contributed by atoms with Crippen LogP contribution < -0.4 is 0 Å². The molecule has 0 heterocycles. The van der Waals surface area contributed by atoms with Gasteiger partial charge in [0.1, 0.15) is 11.2 Å². The van der Waals surface area contributed by atoms with Crippen molar-refractivity contribution in [3.8, 4) is 16.5 Å². The van der Waals surface area contributed by atoms with Gasteiger partial charge in [0, 0.05) is 5.56 Å². The highest BCUT2D eigenvalue weighted by atomic mass is 32.2. The molecule has 0 bridgehead atoms. The molecule has 0 N–H and O–H groups in total. The lowest BCUT2D eigenvalue weighted by Gasteiger charge is -2.03. The molecule has 2 nitrogen and oxygen atoms in total. The number of carbonyl (C=O) groups is 1. The molecule has 0 spiro atoms. The second-order valence-corrected chi connectivity index (χ2v) is 4.65. The Morgan fingerprint density at radius 3 is 2.11 bits per heavy atom. The van der Waals surface area contributed by atoms with Crippen molar-refractivity contribution in [3.63, 3.8) is 0 Å². The van der Waals surface area contributed by atoms with Gasteiger partial charge in [-0.15, -0.1) is 0 Å². The van der Waals surface area contributed by atoms with E-state index < -0.39 is 0 Å². The van der Waals surface area contributed by atoms with Gasteiger partial charge in [-0.3, -0.25) is 4.79 Å². The van der Waals surface area contributed by atoms with Gasteiger partial charge in [0.15, 0.2) is 5.78 Å². The van der Waals surface area contributed by atoms with Crippen molar-refractivity contribution in [2.75, 3.05) is 5.75 Å². The number of Topliss-reactive ketones (excluding diaryl/α,β-unsaturated/α-hetero) is 1. The highest BCUT2D eigenvalue weighted by Crippen LogP contribution is 2.20. The third kappa shape index (κ3) is 3.43. The lowest BCUT2D eigenvalue weighted by atomic mass is 10.0. The Morgan fingerprint density at radius 1 is 1.05 bits per heavy atom. The summed E-state index contributed by atoms with van der Waals surface area (Å²) < 4.78 is 12.8. The predicted octanol–water partition coefficient (Wildman–Crippen LogP) is 3.89. The SMILES string of the molecule is N#CSCC(=O)c1ccc(-c2ccc(F)cc2)cc1. The number of benzene rings is 2. The zero-order chi connectivity index (χ0) is 13.7. The van der Waals surface area contributed by atoms with Crippen molar-refractivity contribution >= 4 is 17.5 Å². The number of halogens is 1. The molecule has 0 aliphatic carbocycles. The van der Waals surface area contributed by atoms with Crippen LogP contribution in [0.2, 0.25) is 0 Å². The Hall–Kier alpha value is -2.12. The van der Waals surface area contributed by atoms with E-state index in [1.54, 1.807) is 24.3 Å². The summed E-state index contributed by atoms with van der Waals surface area (Å²) >= 11 is 0.928. The van der Waals surface area contributed by atoms with Gasteiger partial charge >= 0.3 is 0 Å². The molecule has 0 aliphatic heterocycles. The molecule has 0 saturated heterocycles. The number of thiocyanates is 1. The lowest BCUT2D eigenvalue weighted by Crippen LogP contribution is -2.01. The maximum Gasteiger partial charge on any atom is 0.173 e. The molecule has 0 amide bonds. The molecule has 94 valence electrons. The van der Waals surface area contributed by atoms with Gasteiger partial charge in [0.2, 0.25) is 0 Å². The van der Waals surface area contributed by atoms with E-state index in [0.717, 1.165) is 22.9 Å². The zero-order valence-corrected chi connectivity index (χ0v) is 10.8. The highest BCUT2D eigenvalue weighted by Gasteiger charge is 2.06.